The molecule has 0 aliphatic heterocycles. The van der Waals surface area contributed by atoms with Crippen molar-refractivity contribution in [2.24, 2.45) is 11.8 Å². The van der Waals surface area contributed by atoms with E-state index in [1.54, 1.807) is 0 Å². The van der Waals surface area contributed by atoms with Crippen LogP contribution in [0.15, 0.2) is 17.5 Å². The molecule has 1 saturated carbocycles. The van der Waals surface area contributed by atoms with Crippen LogP contribution in [-0.4, -0.2) is 12.1 Å². The lowest BCUT2D eigenvalue weighted by atomic mass is 9.78. The lowest BCUT2D eigenvalue weighted by Gasteiger charge is -2.36. The van der Waals surface area contributed by atoms with Crippen LogP contribution in [0, 0.1) is 11.8 Å². The van der Waals surface area contributed by atoms with E-state index >= 15 is 0 Å². The van der Waals surface area contributed by atoms with Gasteiger partial charge < -0.3 is 5.32 Å². The molecule has 1 heterocycles. The molecule has 0 bridgehead atoms. The first kappa shape index (κ1) is 13.1. The lowest BCUT2D eigenvalue weighted by molar-refractivity contribution is 0.196. The largest absolute Gasteiger partial charge is 0.311 e. The fraction of sp³-hybridized carbons (Fsp3) is 0.733. The average molecular weight is 251 g/mol. The van der Waals surface area contributed by atoms with Gasteiger partial charge in [0, 0.05) is 17.0 Å². The van der Waals surface area contributed by atoms with E-state index in [1.165, 1.54) is 30.6 Å². The highest BCUT2D eigenvalue weighted by atomic mass is 32.1. The summed E-state index contributed by atoms with van der Waals surface area (Å²) >= 11 is 1.87. The third-order valence-electron chi connectivity index (χ3n) is 4.29. The average Bonchev–Trinajstić information content (AvgIpc) is 2.77. The van der Waals surface area contributed by atoms with E-state index in [4.69, 9.17) is 0 Å². The normalized spacial score (nSPS) is 31.4. The Morgan fingerprint density at radius 1 is 1.41 bits per heavy atom. The van der Waals surface area contributed by atoms with Crippen LogP contribution in [0.1, 0.15) is 44.9 Å². The molecule has 1 N–H and O–H groups in total. The van der Waals surface area contributed by atoms with Crippen molar-refractivity contribution in [2.75, 3.05) is 0 Å². The van der Waals surface area contributed by atoms with Crippen LogP contribution < -0.4 is 5.32 Å². The molecule has 0 aromatic carbocycles. The molecule has 1 aromatic heterocycles. The van der Waals surface area contributed by atoms with Crippen LogP contribution in [0.25, 0.3) is 0 Å². The van der Waals surface area contributed by atoms with Gasteiger partial charge in [-0.3, -0.25) is 0 Å². The summed E-state index contributed by atoms with van der Waals surface area (Å²) in [5.41, 5.74) is 0. The molecule has 1 nitrogen and oxygen atoms in total. The second kappa shape index (κ2) is 6.01. The Balaban J connectivity index is 1.83. The van der Waals surface area contributed by atoms with Gasteiger partial charge in [-0.05, 0) is 43.0 Å². The van der Waals surface area contributed by atoms with Gasteiger partial charge in [-0.1, -0.05) is 32.8 Å². The standard InChI is InChI=1S/C15H25NS/c1-11-6-4-8-15(13(11)3)16-12(2)10-14-7-5-9-17-14/h5,7,9,11-13,15-16H,4,6,8,10H2,1-3H3. The third kappa shape index (κ3) is 3.56. The summed E-state index contributed by atoms with van der Waals surface area (Å²) in [6.45, 7) is 7.15. The first-order valence-corrected chi connectivity index (χ1v) is 7.83. The minimum atomic E-state index is 0.603. The predicted octanol–water partition coefficient (Wildman–Crippen LogP) is 4.09. The monoisotopic (exact) mass is 251 g/mol. The quantitative estimate of drug-likeness (QED) is 0.850. The Bertz CT molecular complexity index is 320. The minimum Gasteiger partial charge on any atom is -0.311 e. The number of rotatable bonds is 4. The van der Waals surface area contributed by atoms with Gasteiger partial charge in [-0.15, -0.1) is 11.3 Å². The highest BCUT2D eigenvalue weighted by molar-refractivity contribution is 7.09. The fourth-order valence-electron chi connectivity index (χ4n) is 2.97. The summed E-state index contributed by atoms with van der Waals surface area (Å²) in [7, 11) is 0. The number of nitrogens with one attached hydrogen (secondary N) is 1. The molecular weight excluding hydrogens is 226 g/mol. The molecule has 2 rings (SSSR count). The van der Waals surface area contributed by atoms with Crippen molar-refractivity contribution >= 4 is 11.3 Å². The SMILES string of the molecule is CC(Cc1cccs1)NC1CCCC(C)C1C. The summed E-state index contributed by atoms with van der Waals surface area (Å²) in [6, 6.07) is 5.73. The molecule has 1 fully saturated rings. The van der Waals surface area contributed by atoms with Crippen LogP contribution in [0.2, 0.25) is 0 Å². The summed E-state index contributed by atoms with van der Waals surface area (Å²) in [6.07, 6.45) is 5.35. The summed E-state index contributed by atoms with van der Waals surface area (Å²) in [5, 5.41) is 6.02. The van der Waals surface area contributed by atoms with Gasteiger partial charge in [0.05, 0.1) is 0 Å². The number of thiophene rings is 1. The van der Waals surface area contributed by atoms with Crippen LogP contribution in [-0.2, 0) is 6.42 Å². The Labute approximate surface area is 110 Å². The maximum atomic E-state index is 3.84. The fourth-order valence-corrected chi connectivity index (χ4v) is 3.81. The Hall–Kier alpha value is -0.340. The van der Waals surface area contributed by atoms with E-state index in [9.17, 15) is 0 Å². The van der Waals surface area contributed by atoms with Crippen molar-refractivity contribution in [3.8, 4) is 0 Å². The van der Waals surface area contributed by atoms with Crippen molar-refractivity contribution in [3.63, 3.8) is 0 Å². The van der Waals surface area contributed by atoms with E-state index in [1.807, 2.05) is 11.3 Å². The second-order valence-corrected chi connectivity index (χ2v) is 6.76. The van der Waals surface area contributed by atoms with Crippen molar-refractivity contribution in [1.29, 1.82) is 0 Å². The maximum absolute atomic E-state index is 3.84. The number of hydrogen-bond acceptors (Lipinski definition) is 2. The minimum absolute atomic E-state index is 0.603. The lowest BCUT2D eigenvalue weighted by Crippen LogP contribution is -2.45. The number of hydrogen-bond donors (Lipinski definition) is 1. The Morgan fingerprint density at radius 3 is 2.94 bits per heavy atom. The molecule has 4 unspecified atom stereocenters. The van der Waals surface area contributed by atoms with Crippen molar-refractivity contribution in [2.45, 2.75) is 58.5 Å². The first-order chi connectivity index (χ1) is 8.16. The van der Waals surface area contributed by atoms with Crippen LogP contribution in [0.3, 0.4) is 0 Å². The first-order valence-electron chi connectivity index (χ1n) is 6.95. The van der Waals surface area contributed by atoms with Crippen molar-refractivity contribution in [3.05, 3.63) is 22.4 Å². The van der Waals surface area contributed by atoms with E-state index in [-0.39, 0.29) is 0 Å². The Kier molecular flexibility index (Phi) is 4.63. The van der Waals surface area contributed by atoms with Gasteiger partial charge in [0.2, 0.25) is 0 Å². The zero-order valence-corrected chi connectivity index (χ0v) is 12.1. The van der Waals surface area contributed by atoms with Gasteiger partial charge in [0.25, 0.3) is 0 Å². The molecule has 4 atom stereocenters. The molecule has 0 saturated heterocycles. The molecule has 96 valence electrons. The van der Waals surface area contributed by atoms with E-state index in [0.717, 1.165) is 17.9 Å². The molecule has 0 radical (unpaired) electrons. The van der Waals surface area contributed by atoms with E-state index < -0.39 is 0 Å². The maximum Gasteiger partial charge on any atom is 0.00978 e. The summed E-state index contributed by atoms with van der Waals surface area (Å²) in [5.74, 6) is 1.71. The topological polar surface area (TPSA) is 12.0 Å². The van der Waals surface area contributed by atoms with E-state index in [2.05, 4.69) is 43.6 Å². The Morgan fingerprint density at radius 2 is 2.24 bits per heavy atom. The smallest absolute Gasteiger partial charge is 0.00978 e. The molecule has 0 amide bonds. The van der Waals surface area contributed by atoms with E-state index in [0.29, 0.717) is 6.04 Å². The van der Waals surface area contributed by atoms with Crippen LogP contribution in [0.4, 0.5) is 0 Å². The van der Waals surface area contributed by atoms with Gasteiger partial charge in [-0.25, -0.2) is 0 Å². The van der Waals surface area contributed by atoms with Crippen LogP contribution in [0.5, 0.6) is 0 Å². The molecule has 1 aliphatic rings. The van der Waals surface area contributed by atoms with Gasteiger partial charge in [0.15, 0.2) is 0 Å². The molecular formula is C15H25NS. The van der Waals surface area contributed by atoms with Gasteiger partial charge in [0.1, 0.15) is 0 Å². The molecule has 17 heavy (non-hydrogen) atoms. The molecule has 2 heteroatoms. The molecule has 1 aliphatic carbocycles. The van der Waals surface area contributed by atoms with Crippen molar-refractivity contribution < 1.29 is 0 Å². The zero-order valence-electron chi connectivity index (χ0n) is 11.3. The van der Waals surface area contributed by atoms with Crippen molar-refractivity contribution in [1.82, 2.24) is 5.32 Å². The third-order valence-corrected chi connectivity index (χ3v) is 5.19. The highest BCUT2D eigenvalue weighted by Crippen LogP contribution is 2.29. The second-order valence-electron chi connectivity index (χ2n) is 5.72. The van der Waals surface area contributed by atoms with Gasteiger partial charge in [-0.2, -0.15) is 0 Å². The van der Waals surface area contributed by atoms with Gasteiger partial charge >= 0.3 is 0 Å². The summed E-state index contributed by atoms with van der Waals surface area (Å²) in [4.78, 5) is 1.50. The highest BCUT2D eigenvalue weighted by Gasteiger charge is 2.27. The molecule has 0 spiro atoms. The molecule has 1 aromatic rings. The zero-order chi connectivity index (χ0) is 12.3. The summed E-state index contributed by atoms with van der Waals surface area (Å²) < 4.78 is 0. The van der Waals surface area contributed by atoms with Crippen LogP contribution >= 0.6 is 11.3 Å². The predicted molar refractivity (Wildman–Crippen MR) is 76.6 cm³/mol.